The molecule has 9 heteroatoms. The first-order valence-electron chi connectivity index (χ1n) is 8.85. The van der Waals surface area contributed by atoms with Crippen molar-refractivity contribution in [3.8, 4) is 0 Å². The van der Waals surface area contributed by atoms with Crippen LogP contribution in [0.15, 0.2) is 39.9 Å². The quantitative estimate of drug-likeness (QED) is 0.519. The van der Waals surface area contributed by atoms with Crippen LogP contribution >= 0.6 is 0 Å². The summed E-state index contributed by atoms with van der Waals surface area (Å²) in [6.07, 6.45) is 2.43. The molecule has 3 heterocycles. The number of hydrogen-bond donors (Lipinski definition) is 3. The molecule has 0 radical (unpaired) electrons. The highest BCUT2D eigenvalue weighted by atomic mass is 19.1. The van der Waals surface area contributed by atoms with Crippen molar-refractivity contribution in [1.82, 2.24) is 15.6 Å². The number of nitrogens with one attached hydrogen (secondary N) is 2. The number of halogens is 1. The number of primary amides is 1. The molecule has 0 saturated carbocycles. The SMILES string of the molecule is CCNC(=NCc1ccc(C(N)=O)o1)NC1CCN(c2ncccc2F)C1. The summed E-state index contributed by atoms with van der Waals surface area (Å²) in [6, 6.07) is 6.32. The maximum absolute atomic E-state index is 13.9. The highest BCUT2D eigenvalue weighted by Crippen LogP contribution is 2.20. The maximum Gasteiger partial charge on any atom is 0.284 e. The Balaban J connectivity index is 1.60. The van der Waals surface area contributed by atoms with E-state index in [9.17, 15) is 9.18 Å². The van der Waals surface area contributed by atoms with E-state index in [-0.39, 0.29) is 24.2 Å². The molecular formula is C18H23FN6O2. The van der Waals surface area contributed by atoms with Crippen LogP contribution in [-0.2, 0) is 6.54 Å². The third-order valence-corrected chi connectivity index (χ3v) is 4.21. The first-order valence-corrected chi connectivity index (χ1v) is 8.85. The van der Waals surface area contributed by atoms with E-state index in [0.29, 0.717) is 37.2 Å². The molecule has 8 nitrogen and oxygen atoms in total. The predicted molar refractivity (Wildman–Crippen MR) is 100.0 cm³/mol. The van der Waals surface area contributed by atoms with Crippen LogP contribution in [0.4, 0.5) is 10.2 Å². The second kappa shape index (κ2) is 8.52. The van der Waals surface area contributed by atoms with Gasteiger partial charge in [0.2, 0.25) is 0 Å². The first-order chi connectivity index (χ1) is 13.1. The molecular weight excluding hydrogens is 351 g/mol. The summed E-state index contributed by atoms with van der Waals surface area (Å²) >= 11 is 0. The van der Waals surface area contributed by atoms with Gasteiger partial charge in [0, 0.05) is 31.9 Å². The molecule has 1 atom stereocenters. The van der Waals surface area contributed by atoms with Crippen LogP contribution in [0.5, 0.6) is 0 Å². The minimum absolute atomic E-state index is 0.113. The van der Waals surface area contributed by atoms with E-state index >= 15 is 0 Å². The second-order valence-corrected chi connectivity index (χ2v) is 6.21. The van der Waals surface area contributed by atoms with Gasteiger partial charge in [0.1, 0.15) is 12.3 Å². The van der Waals surface area contributed by atoms with E-state index in [1.54, 1.807) is 18.3 Å². The highest BCUT2D eigenvalue weighted by molar-refractivity contribution is 5.89. The molecule has 1 saturated heterocycles. The molecule has 1 aliphatic heterocycles. The van der Waals surface area contributed by atoms with Crippen molar-refractivity contribution in [2.24, 2.45) is 10.7 Å². The van der Waals surface area contributed by atoms with Gasteiger partial charge in [-0.05, 0) is 37.6 Å². The van der Waals surface area contributed by atoms with Crippen molar-refractivity contribution in [1.29, 1.82) is 0 Å². The Bertz CT molecular complexity index is 822. The molecule has 2 aromatic heterocycles. The molecule has 1 fully saturated rings. The van der Waals surface area contributed by atoms with Gasteiger partial charge in [-0.3, -0.25) is 4.79 Å². The lowest BCUT2D eigenvalue weighted by Gasteiger charge is -2.19. The zero-order valence-corrected chi connectivity index (χ0v) is 15.1. The van der Waals surface area contributed by atoms with Gasteiger partial charge < -0.3 is 25.7 Å². The van der Waals surface area contributed by atoms with Gasteiger partial charge in [0.25, 0.3) is 5.91 Å². The van der Waals surface area contributed by atoms with Crippen LogP contribution in [0.1, 0.15) is 29.7 Å². The van der Waals surface area contributed by atoms with Gasteiger partial charge >= 0.3 is 0 Å². The smallest absolute Gasteiger partial charge is 0.284 e. The Kier molecular flexibility index (Phi) is 5.90. The van der Waals surface area contributed by atoms with E-state index < -0.39 is 5.91 Å². The van der Waals surface area contributed by atoms with Crippen LogP contribution in [0, 0.1) is 5.82 Å². The van der Waals surface area contributed by atoms with Crippen LogP contribution in [0.3, 0.4) is 0 Å². The Morgan fingerprint density at radius 2 is 2.33 bits per heavy atom. The summed E-state index contributed by atoms with van der Waals surface area (Å²) in [7, 11) is 0. The molecule has 1 unspecified atom stereocenters. The number of anilines is 1. The third-order valence-electron chi connectivity index (χ3n) is 4.21. The molecule has 144 valence electrons. The van der Waals surface area contributed by atoms with Crippen LogP contribution in [0.25, 0.3) is 0 Å². The van der Waals surface area contributed by atoms with Gasteiger partial charge in [-0.25, -0.2) is 14.4 Å². The number of guanidine groups is 1. The van der Waals surface area contributed by atoms with Crippen LogP contribution in [-0.4, -0.2) is 42.5 Å². The Hall–Kier alpha value is -3.10. The normalized spacial score (nSPS) is 17.2. The minimum atomic E-state index is -0.608. The molecule has 0 bridgehead atoms. The van der Waals surface area contributed by atoms with Gasteiger partial charge in [-0.15, -0.1) is 0 Å². The van der Waals surface area contributed by atoms with E-state index in [0.717, 1.165) is 6.42 Å². The number of hydrogen-bond acceptors (Lipinski definition) is 5. The molecule has 1 aliphatic rings. The summed E-state index contributed by atoms with van der Waals surface area (Å²) in [4.78, 5) is 21.6. The van der Waals surface area contributed by atoms with Crippen molar-refractivity contribution < 1.29 is 13.6 Å². The van der Waals surface area contributed by atoms with Crippen molar-refractivity contribution in [2.75, 3.05) is 24.5 Å². The average molecular weight is 374 g/mol. The zero-order chi connectivity index (χ0) is 19.2. The number of aliphatic imine (C=N–C) groups is 1. The van der Waals surface area contributed by atoms with Crippen molar-refractivity contribution in [3.63, 3.8) is 0 Å². The lowest BCUT2D eigenvalue weighted by atomic mass is 10.3. The monoisotopic (exact) mass is 374 g/mol. The van der Waals surface area contributed by atoms with E-state index in [4.69, 9.17) is 10.2 Å². The Morgan fingerprint density at radius 1 is 1.48 bits per heavy atom. The van der Waals surface area contributed by atoms with Gasteiger partial charge in [0.15, 0.2) is 23.4 Å². The minimum Gasteiger partial charge on any atom is -0.454 e. The number of carbonyl (C=O) groups excluding carboxylic acids is 1. The molecule has 2 aromatic rings. The molecule has 3 rings (SSSR count). The fourth-order valence-corrected chi connectivity index (χ4v) is 2.95. The van der Waals surface area contributed by atoms with Crippen LogP contribution in [0.2, 0.25) is 0 Å². The van der Waals surface area contributed by atoms with E-state index in [1.807, 2.05) is 11.8 Å². The molecule has 0 aliphatic carbocycles. The van der Waals surface area contributed by atoms with Crippen LogP contribution < -0.4 is 21.3 Å². The maximum atomic E-state index is 13.9. The average Bonchev–Trinajstić information content (AvgIpc) is 3.30. The Labute approximate surface area is 156 Å². The van der Waals surface area contributed by atoms with Gasteiger partial charge in [0.05, 0.1) is 0 Å². The number of aromatic nitrogens is 1. The summed E-state index contributed by atoms with van der Waals surface area (Å²) in [6.45, 7) is 4.28. The van der Waals surface area contributed by atoms with Gasteiger partial charge in [-0.1, -0.05) is 0 Å². The molecule has 0 aromatic carbocycles. The number of nitrogens with two attached hydrogens (primary N) is 1. The van der Waals surface area contributed by atoms with E-state index in [1.165, 1.54) is 12.1 Å². The summed E-state index contributed by atoms with van der Waals surface area (Å²) in [5.74, 6) is 0.734. The number of rotatable bonds is 6. The largest absolute Gasteiger partial charge is 0.454 e. The summed E-state index contributed by atoms with van der Waals surface area (Å²) in [5, 5.41) is 6.52. The topological polar surface area (TPSA) is 109 Å². The van der Waals surface area contributed by atoms with Gasteiger partial charge in [-0.2, -0.15) is 0 Å². The summed E-state index contributed by atoms with van der Waals surface area (Å²) in [5.41, 5.74) is 5.18. The lowest BCUT2D eigenvalue weighted by Crippen LogP contribution is -2.44. The molecule has 0 spiro atoms. The standard InChI is InChI=1S/C18H23FN6O2/c1-2-21-18(23-10-13-5-6-15(27-13)16(20)26)24-12-7-9-25(11-12)17-14(19)4-3-8-22-17/h3-6,8,12H,2,7,9-11H2,1H3,(H2,20,26)(H2,21,23,24). The predicted octanol–water partition coefficient (Wildman–Crippen LogP) is 1.25. The van der Waals surface area contributed by atoms with Crippen molar-refractivity contribution in [3.05, 3.63) is 47.8 Å². The number of carbonyl (C=O) groups is 1. The van der Waals surface area contributed by atoms with Crippen molar-refractivity contribution in [2.45, 2.75) is 25.9 Å². The number of nitrogens with zero attached hydrogens (tertiary/aromatic N) is 3. The Morgan fingerprint density at radius 3 is 3.04 bits per heavy atom. The first kappa shape index (κ1) is 18.7. The fourth-order valence-electron chi connectivity index (χ4n) is 2.95. The van der Waals surface area contributed by atoms with E-state index in [2.05, 4.69) is 20.6 Å². The molecule has 4 N–H and O–H groups in total. The second-order valence-electron chi connectivity index (χ2n) is 6.21. The molecule has 27 heavy (non-hydrogen) atoms. The lowest BCUT2D eigenvalue weighted by molar-refractivity contribution is 0.0972. The number of furan rings is 1. The zero-order valence-electron chi connectivity index (χ0n) is 15.1. The third kappa shape index (κ3) is 4.75. The number of amides is 1. The molecule has 1 amide bonds. The fraction of sp³-hybridized carbons (Fsp3) is 0.389. The van der Waals surface area contributed by atoms with Crippen molar-refractivity contribution >= 4 is 17.7 Å². The highest BCUT2D eigenvalue weighted by Gasteiger charge is 2.25. The summed E-state index contributed by atoms with van der Waals surface area (Å²) < 4.78 is 19.3. The number of pyridine rings is 1.